The molecular formula is C17H29ClN4O2Si. The highest BCUT2D eigenvalue weighted by molar-refractivity contribution is 6.76. The van der Waals surface area contributed by atoms with E-state index in [9.17, 15) is 0 Å². The summed E-state index contributed by atoms with van der Waals surface area (Å²) in [7, 11) is 0.592. The number of halogens is 1. The smallest absolute Gasteiger partial charge is 0.226 e. The number of aromatic nitrogens is 3. The topological polar surface area (TPSA) is 61.2 Å². The molecule has 0 saturated heterocycles. The summed E-state index contributed by atoms with van der Waals surface area (Å²) in [5, 5.41) is 4.53. The van der Waals surface area contributed by atoms with E-state index in [2.05, 4.69) is 48.8 Å². The van der Waals surface area contributed by atoms with Gasteiger partial charge in [-0.05, 0) is 37.6 Å². The van der Waals surface area contributed by atoms with Crippen molar-refractivity contribution in [3.05, 3.63) is 17.5 Å². The summed E-state index contributed by atoms with van der Waals surface area (Å²) in [5.74, 6) is 0.706. The highest BCUT2D eigenvalue weighted by atomic mass is 35.5. The fraction of sp³-hybridized carbons (Fsp3) is 0.647. The average molecular weight is 385 g/mol. The SMILES string of the molecule is COCC(C)(C)Nc1nc(Cl)nc2c1ccn2COCC[Si](C)(C)C. The molecule has 2 heterocycles. The van der Waals surface area contributed by atoms with Gasteiger partial charge in [0.05, 0.1) is 17.5 Å². The summed E-state index contributed by atoms with van der Waals surface area (Å²) in [6.07, 6.45) is 1.96. The van der Waals surface area contributed by atoms with Crippen LogP contribution in [0.15, 0.2) is 12.3 Å². The fourth-order valence-corrected chi connectivity index (χ4v) is 3.42. The van der Waals surface area contributed by atoms with Crippen LogP contribution in [-0.4, -0.2) is 48.5 Å². The van der Waals surface area contributed by atoms with Gasteiger partial charge < -0.3 is 19.4 Å². The molecule has 140 valence electrons. The lowest BCUT2D eigenvalue weighted by Crippen LogP contribution is -2.36. The fourth-order valence-electron chi connectivity index (χ4n) is 2.50. The molecule has 2 aromatic rings. The zero-order valence-corrected chi connectivity index (χ0v) is 17.8. The molecule has 8 heteroatoms. The van der Waals surface area contributed by atoms with Crippen LogP contribution in [0.3, 0.4) is 0 Å². The molecule has 2 aromatic heterocycles. The van der Waals surface area contributed by atoms with Crippen molar-refractivity contribution in [1.29, 1.82) is 0 Å². The molecule has 1 N–H and O–H groups in total. The van der Waals surface area contributed by atoms with Gasteiger partial charge in [-0.15, -0.1) is 0 Å². The minimum absolute atomic E-state index is 0.213. The van der Waals surface area contributed by atoms with Crippen molar-refractivity contribution in [3.63, 3.8) is 0 Å². The molecule has 0 aliphatic rings. The van der Waals surface area contributed by atoms with E-state index in [4.69, 9.17) is 21.1 Å². The molecular weight excluding hydrogens is 356 g/mol. The monoisotopic (exact) mass is 384 g/mol. The van der Waals surface area contributed by atoms with Crippen molar-refractivity contribution < 1.29 is 9.47 Å². The third kappa shape index (κ3) is 5.95. The predicted molar refractivity (Wildman–Crippen MR) is 106 cm³/mol. The van der Waals surface area contributed by atoms with E-state index in [1.54, 1.807) is 7.11 Å². The normalized spacial score (nSPS) is 12.8. The third-order valence-corrected chi connectivity index (χ3v) is 5.65. The van der Waals surface area contributed by atoms with E-state index in [1.165, 1.54) is 0 Å². The molecule has 0 fully saturated rings. The third-order valence-electron chi connectivity index (χ3n) is 3.78. The second-order valence-electron chi connectivity index (χ2n) is 8.15. The van der Waals surface area contributed by atoms with Crippen molar-refractivity contribution in [2.24, 2.45) is 0 Å². The number of nitrogens with zero attached hydrogens (tertiary/aromatic N) is 3. The highest BCUT2D eigenvalue weighted by Gasteiger charge is 2.21. The Morgan fingerprint density at radius 1 is 1.28 bits per heavy atom. The van der Waals surface area contributed by atoms with Crippen molar-refractivity contribution in [1.82, 2.24) is 14.5 Å². The van der Waals surface area contributed by atoms with Crippen LogP contribution < -0.4 is 5.32 Å². The van der Waals surface area contributed by atoms with Crippen LogP contribution in [0.4, 0.5) is 5.82 Å². The zero-order chi connectivity index (χ0) is 18.7. The summed E-state index contributed by atoms with van der Waals surface area (Å²) in [6, 6.07) is 3.12. The first-order valence-corrected chi connectivity index (χ1v) is 12.6. The van der Waals surface area contributed by atoms with Gasteiger partial charge in [0, 0.05) is 28.0 Å². The van der Waals surface area contributed by atoms with E-state index < -0.39 is 8.07 Å². The largest absolute Gasteiger partial charge is 0.382 e. The van der Waals surface area contributed by atoms with E-state index in [0.717, 1.165) is 23.7 Å². The number of rotatable bonds is 9. The number of ether oxygens (including phenoxy) is 2. The first kappa shape index (κ1) is 20.2. The minimum atomic E-state index is -1.09. The van der Waals surface area contributed by atoms with Gasteiger partial charge in [0.2, 0.25) is 5.28 Å². The molecule has 0 radical (unpaired) electrons. The second kappa shape index (κ2) is 8.03. The lowest BCUT2D eigenvalue weighted by atomic mass is 10.1. The van der Waals surface area contributed by atoms with Gasteiger partial charge in [-0.1, -0.05) is 19.6 Å². The van der Waals surface area contributed by atoms with Crippen molar-refractivity contribution in [2.45, 2.75) is 51.8 Å². The molecule has 0 aromatic carbocycles. The van der Waals surface area contributed by atoms with E-state index >= 15 is 0 Å². The molecule has 0 unspecified atom stereocenters. The van der Waals surface area contributed by atoms with Gasteiger partial charge in [0.1, 0.15) is 18.2 Å². The molecule has 25 heavy (non-hydrogen) atoms. The van der Waals surface area contributed by atoms with Crippen molar-refractivity contribution in [3.8, 4) is 0 Å². The number of hydrogen-bond donors (Lipinski definition) is 1. The molecule has 0 spiro atoms. The lowest BCUT2D eigenvalue weighted by molar-refractivity contribution is 0.0899. The van der Waals surface area contributed by atoms with Crippen LogP contribution in [0.1, 0.15) is 13.8 Å². The minimum Gasteiger partial charge on any atom is -0.382 e. The molecule has 2 rings (SSSR count). The van der Waals surface area contributed by atoms with Crippen LogP contribution in [0.25, 0.3) is 11.0 Å². The number of methoxy groups -OCH3 is 1. The molecule has 0 aliphatic carbocycles. The van der Waals surface area contributed by atoms with Crippen LogP contribution >= 0.6 is 11.6 Å². The van der Waals surface area contributed by atoms with Gasteiger partial charge >= 0.3 is 0 Å². The zero-order valence-electron chi connectivity index (χ0n) is 16.0. The molecule has 6 nitrogen and oxygen atoms in total. The number of nitrogens with one attached hydrogen (secondary N) is 1. The molecule has 0 saturated carbocycles. The Kier molecular flexibility index (Phi) is 6.48. The van der Waals surface area contributed by atoms with Crippen LogP contribution in [0.2, 0.25) is 31.0 Å². The predicted octanol–water partition coefficient (Wildman–Crippen LogP) is 4.23. The molecule has 0 amide bonds. The van der Waals surface area contributed by atoms with Crippen molar-refractivity contribution in [2.75, 3.05) is 25.6 Å². The first-order valence-electron chi connectivity index (χ1n) is 8.48. The summed E-state index contributed by atoms with van der Waals surface area (Å²) in [6.45, 7) is 12.9. The maximum absolute atomic E-state index is 6.14. The number of hydrogen-bond acceptors (Lipinski definition) is 5. The Labute approximate surface area is 155 Å². The summed E-state index contributed by atoms with van der Waals surface area (Å²) < 4.78 is 13.1. The highest BCUT2D eigenvalue weighted by Crippen LogP contribution is 2.26. The first-order chi connectivity index (χ1) is 11.6. The van der Waals surface area contributed by atoms with Crippen LogP contribution in [0, 0.1) is 0 Å². The van der Waals surface area contributed by atoms with Crippen LogP contribution in [0.5, 0.6) is 0 Å². The lowest BCUT2D eigenvalue weighted by Gasteiger charge is -2.26. The Bertz CT molecular complexity index is 712. The van der Waals surface area contributed by atoms with Gasteiger partial charge in [-0.25, -0.2) is 4.98 Å². The Balaban J connectivity index is 2.17. The Morgan fingerprint density at radius 2 is 2.00 bits per heavy atom. The summed E-state index contributed by atoms with van der Waals surface area (Å²) in [5.41, 5.74) is 0.499. The summed E-state index contributed by atoms with van der Waals surface area (Å²) >= 11 is 6.14. The second-order valence-corrected chi connectivity index (χ2v) is 14.1. The van der Waals surface area contributed by atoms with Gasteiger partial charge in [0.15, 0.2) is 0 Å². The maximum Gasteiger partial charge on any atom is 0.226 e. The number of fused-ring (bicyclic) bond motifs is 1. The van der Waals surface area contributed by atoms with Gasteiger partial charge in [-0.2, -0.15) is 4.98 Å². The molecule has 0 aliphatic heterocycles. The molecule has 0 atom stereocenters. The van der Waals surface area contributed by atoms with Crippen LogP contribution in [-0.2, 0) is 16.2 Å². The number of anilines is 1. The van der Waals surface area contributed by atoms with E-state index in [0.29, 0.717) is 19.2 Å². The van der Waals surface area contributed by atoms with Gasteiger partial charge in [0.25, 0.3) is 0 Å². The Morgan fingerprint density at radius 3 is 2.64 bits per heavy atom. The Hall–Kier alpha value is -1.15. The quantitative estimate of drug-likeness (QED) is 0.398. The summed E-state index contributed by atoms with van der Waals surface area (Å²) in [4.78, 5) is 8.72. The van der Waals surface area contributed by atoms with Gasteiger partial charge in [-0.3, -0.25) is 0 Å². The maximum atomic E-state index is 6.14. The molecule has 0 bridgehead atoms. The van der Waals surface area contributed by atoms with E-state index in [1.807, 2.05) is 16.8 Å². The average Bonchev–Trinajstić information content (AvgIpc) is 2.85. The van der Waals surface area contributed by atoms with E-state index in [-0.39, 0.29) is 10.8 Å². The standard InChI is InChI=1S/C17H29ClN4O2Si/c1-17(2,11-23-3)21-14-13-7-8-22(15(13)20-16(18)19-14)12-24-9-10-25(4,5)6/h7-8H,9-12H2,1-6H3,(H,19,20,21). The van der Waals surface area contributed by atoms with Crippen molar-refractivity contribution >= 4 is 36.5 Å².